The quantitative estimate of drug-likeness (QED) is 0.519. The molecule has 0 aromatic carbocycles. The lowest BCUT2D eigenvalue weighted by Gasteiger charge is -2.04. The van der Waals surface area contributed by atoms with Gasteiger partial charge in [0, 0.05) is 6.04 Å². The van der Waals surface area contributed by atoms with Gasteiger partial charge in [-0.05, 0) is 6.55 Å². The van der Waals surface area contributed by atoms with Crippen LogP contribution in [0.4, 0.5) is 8.78 Å². The average molecular weight is 156 g/mol. The Balaban J connectivity index is 3.10. The van der Waals surface area contributed by atoms with Gasteiger partial charge in [-0.1, -0.05) is 0 Å². The lowest BCUT2D eigenvalue weighted by atomic mass is 10.9. The molecule has 0 saturated carbocycles. The lowest BCUT2D eigenvalue weighted by Crippen LogP contribution is -2.14. The second-order valence-corrected chi connectivity index (χ2v) is 5.65. The minimum Gasteiger partial charge on any atom is -0.466 e. The van der Waals surface area contributed by atoms with E-state index in [2.05, 4.69) is 0 Å². The second-order valence-electron chi connectivity index (χ2n) is 1.67. The van der Waals surface area contributed by atoms with Gasteiger partial charge in [-0.25, -0.2) is 8.78 Å². The van der Waals surface area contributed by atoms with Crippen LogP contribution in [0.15, 0.2) is 0 Å². The van der Waals surface area contributed by atoms with Gasteiger partial charge < -0.3 is 4.12 Å². The fraction of sp³-hybridized carbons (Fsp3) is 1.00. The first-order chi connectivity index (χ1) is 3.66. The van der Waals surface area contributed by atoms with Crippen molar-refractivity contribution in [2.24, 2.45) is 0 Å². The Kier molecular flexibility index (Phi) is 4.30. The highest BCUT2D eigenvalue weighted by atomic mass is 28.3. The number of halogens is 2. The van der Waals surface area contributed by atoms with E-state index in [0.29, 0.717) is 10.5 Å². The van der Waals surface area contributed by atoms with Crippen LogP contribution in [0, 0.1) is 0 Å². The van der Waals surface area contributed by atoms with Crippen molar-refractivity contribution in [2.75, 3.05) is 0 Å². The smallest absolute Gasteiger partial charge is 0.238 e. The number of hydrogen-bond acceptors (Lipinski definition) is 1. The van der Waals surface area contributed by atoms with Gasteiger partial charge in [0.2, 0.25) is 6.43 Å². The Morgan fingerprint density at radius 2 is 2.25 bits per heavy atom. The van der Waals surface area contributed by atoms with E-state index in [-0.39, 0.29) is 6.04 Å². The molecule has 0 N–H and O–H groups in total. The highest BCUT2D eigenvalue weighted by molar-refractivity contribution is 6.54. The van der Waals surface area contributed by atoms with Crippen LogP contribution in [0.3, 0.4) is 0 Å². The van der Waals surface area contributed by atoms with Crippen molar-refractivity contribution in [1.29, 1.82) is 0 Å². The van der Waals surface area contributed by atoms with Gasteiger partial charge in [0.1, 0.15) is 10.5 Å². The summed E-state index contributed by atoms with van der Waals surface area (Å²) in [5.41, 5.74) is 0. The molecule has 0 aliphatic rings. The molecular formula is C3H10F2OSi2. The summed E-state index contributed by atoms with van der Waals surface area (Å²) < 4.78 is 27.7. The van der Waals surface area contributed by atoms with Crippen molar-refractivity contribution in [3.05, 3.63) is 0 Å². The van der Waals surface area contributed by atoms with E-state index in [0.717, 1.165) is 0 Å². The van der Waals surface area contributed by atoms with Crippen molar-refractivity contribution in [2.45, 2.75) is 19.0 Å². The van der Waals surface area contributed by atoms with E-state index < -0.39 is 15.5 Å². The summed E-state index contributed by atoms with van der Waals surface area (Å²) in [5.74, 6) is 0. The summed E-state index contributed by atoms with van der Waals surface area (Å²) in [5, 5.41) is 0. The summed E-state index contributed by atoms with van der Waals surface area (Å²) >= 11 is 0. The van der Waals surface area contributed by atoms with Crippen molar-refractivity contribution in [1.82, 2.24) is 0 Å². The standard InChI is InChI=1S/C3H10F2OSi2/c1-8(6-7)2-3(4)5/h3,8H,2H2,1,7H3. The third-order valence-corrected chi connectivity index (χ3v) is 5.15. The highest BCUT2D eigenvalue weighted by Gasteiger charge is 2.09. The van der Waals surface area contributed by atoms with Gasteiger partial charge in [0.25, 0.3) is 0 Å². The molecule has 50 valence electrons. The Morgan fingerprint density at radius 3 is 2.38 bits per heavy atom. The van der Waals surface area contributed by atoms with Gasteiger partial charge in [0.05, 0.1) is 0 Å². The van der Waals surface area contributed by atoms with E-state index >= 15 is 0 Å². The zero-order valence-electron chi connectivity index (χ0n) is 5.03. The molecule has 0 aliphatic heterocycles. The van der Waals surface area contributed by atoms with Crippen molar-refractivity contribution in [3.63, 3.8) is 0 Å². The minimum absolute atomic E-state index is 0.00347. The molecule has 0 aliphatic carbocycles. The van der Waals surface area contributed by atoms with Crippen LogP contribution in [-0.4, -0.2) is 26.0 Å². The molecule has 1 atom stereocenters. The second kappa shape index (κ2) is 4.16. The molecule has 0 amide bonds. The van der Waals surface area contributed by atoms with Crippen LogP contribution >= 0.6 is 0 Å². The van der Waals surface area contributed by atoms with Crippen LogP contribution in [0.2, 0.25) is 12.6 Å². The van der Waals surface area contributed by atoms with Gasteiger partial charge in [-0.2, -0.15) is 0 Å². The van der Waals surface area contributed by atoms with Crippen LogP contribution in [0.5, 0.6) is 0 Å². The third kappa shape index (κ3) is 4.41. The van der Waals surface area contributed by atoms with Crippen LogP contribution in [-0.2, 0) is 4.12 Å². The topological polar surface area (TPSA) is 9.23 Å². The third-order valence-electron chi connectivity index (χ3n) is 0.912. The maximum Gasteiger partial charge on any atom is 0.238 e. The zero-order chi connectivity index (χ0) is 6.57. The maximum atomic E-state index is 11.4. The van der Waals surface area contributed by atoms with E-state index in [1.807, 2.05) is 0 Å². The highest BCUT2D eigenvalue weighted by Crippen LogP contribution is 2.03. The maximum absolute atomic E-state index is 11.4. The summed E-state index contributed by atoms with van der Waals surface area (Å²) in [4.78, 5) is 0. The molecule has 0 rings (SSSR count). The first-order valence-corrected chi connectivity index (χ1v) is 5.73. The Bertz CT molecular complexity index is 61.2. The lowest BCUT2D eigenvalue weighted by molar-refractivity contribution is 0.167. The van der Waals surface area contributed by atoms with Crippen molar-refractivity contribution in [3.8, 4) is 0 Å². The Hall–Kier alpha value is 0.254. The van der Waals surface area contributed by atoms with Gasteiger partial charge >= 0.3 is 0 Å². The fourth-order valence-electron chi connectivity index (χ4n) is 0.347. The Labute approximate surface area is 52.3 Å². The zero-order valence-corrected chi connectivity index (χ0v) is 8.18. The van der Waals surface area contributed by atoms with Crippen LogP contribution < -0.4 is 0 Å². The number of hydrogen-bond donors (Lipinski definition) is 0. The molecule has 8 heavy (non-hydrogen) atoms. The predicted octanol–water partition coefficient (Wildman–Crippen LogP) is -0.0979. The molecule has 0 spiro atoms. The minimum atomic E-state index is -2.16. The molecule has 5 heteroatoms. The van der Waals surface area contributed by atoms with E-state index in [1.165, 1.54) is 0 Å². The van der Waals surface area contributed by atoms with Gasteiger partial charge in [-0.15, -0.1) is 0 Å². The van der Waals surface area contributed by atoms with Crippen molar-refractivity contribution < 1.29 is 12.9 Å². The SMILES string of the molecule is C[SiH](CC(F)F)O[SiH3]. The molecule has 0 radical (unpaired) electrons. The van der Waals surface area contributed by atoms with E-state index in [9.17, 15) is 8.78 Å². The number of rotatable bonds is 3. The van der Waals surface area contributed by atoms with E-state index in [4.69, 9.17) is 4.12 Å². The average Bonchev–Trinajstić information content (AvgIpc) is 1.65. The predicted molar refractivity (Wildman–Crippen MR) is 34.8 cm³/mol. The van der Waals surface area contributed by atoms with Crippen molar-refractivity contribution >= 4 is 19.5 Å². The molecule has 1 unspecified atom stereocenters. The number of alkyl halides is 2. The molecule has 0 saturated heterocycles. The largest absolute Gasteiger partial charge is 0.466 e. The summed E-state index contributed by atoms with van der Waals surface area (Å²) in [6.07, 6.45) is -2.16. The summed E-state index contributed by atoms with van der Waals surface area (Å²) in [6.45, 7) is 1.79. The molecule has 0 aromatic rings. The summed E-state index contributed by atoms with van der Waals surface area (Å²) in [6, 6.07) is 0.00347. The molecule has 0 aromatic heterocycles. The summed E-state index contributed by atoms with van der Waals surface area (Å²) in [7, 11) is -0.821. The van der Waals surface area contributed by atoms with E-state index in [1.54, 1.807) is 6.55 Å². The van der Waals surface area contributed by atoms with Gasteiger partial charge in [-0.3, -0.25) is 0 Å². The monoisotopic (exact) mass is 156 g/mol. The van der Waals surface area contributed by atoms with Gasteiger partial charge in [0.15, 0.2) is 9.04 Å². The Morgan fingerprint density at radius 1 is 1.75 bits per heavy atom. The fourth-order valence-corrected chi connectivity index (χ4v) is 1.62. The first kappa shape index (κ1) is 8.25. The normalized spacial score (nSPS) is 15.0. The molecule has 0 fully saturated rings. The first-order valence-electron chi connectivity index (χ1n) is 2.47. The molecular weight excluding hydrogens is 146 g/mol. The molecule has 1 nitrogen and oxygen atoms in total. The molecule has 0 bridgehead atoms. The van der Waals surface area contributed by atoms with Crippen LogP contribution in [0.25, 0.3) is 0 Å². The molecule has 0 heterocycles. The van der Waals surface area contributed by atoms with Crippen LogP contribution in [0.1, 0.15) is 0 Å².